The molecule has 0 spiro atoms. The van der Waals surface area contributed by atoms with E-state index in [-0.39, 0.29) is 5.01 Å². The molecule has 0 atom stereocenters. The Morgan fingerprint density at radius 3 is 2.64 bits per heavy atom. The zero-order valence-corrected chi connectivity index (χ0v) is 9.05. The van der Waals surface area contributed by atoms with Crippen molar-refractivity contribution >= 4 is 23.6 Å². The molecule has 0 fully saturated rings. The van der Waals surface area contributed by atoms with Gasteiger partial charge in [0.1, 0.15) is 10.5 Å². The summed E-state index contributed by atoms with van der Waals surface area (Å²) in [6, 6.07) is 0. The Morgan fingerprint density at radius 2 is 2.21 bits per heavy atom. The molecule has 1 aromatic heterocycles. The lowest BCUT2D eigenvalue weighted by molar-refractivity contribution is 0.00749. The van der Waals surface area contributed by atoms with Crippen LogP contribution in [0.3, 0.4) is 0 Å². The predicted molar refractivity (Wildman–Crippen MR) is 52.7 cm³/mol. The summed E-state index contributed by atoms with van der Waals surface area (Å²) in [5.74, 6) is -0.442. The third-order valence-corrected chi connectivity index (χ3v) is 2.13. The summed E-state index contributed by atoms with van der Waals surface area (Å²) < 4.78 is 5.10. The lowest BCUT2D eigenvalue weighted by Crippen LogP contribution is -2.23. The zero-order chi connectivity index (χ0) is 10.8. The van der Waals surface area contributed by atoms with Gasteiger partial charge >= 0.3 is 5.97 Å². The molecular weight excluding hydrogens is 202 g/mol. The van der Waals surface area contributed by atoms with Crippen molar-refractivity contribution in [1.82, 2.24) is 4.98 Å². The monoisotopic (exact) mass is 213 g/mol. The number of hydrogen-bond acceptors (Lipinski definition) is 5. The van der Waals surface area contributed by atoms with Gasteiger partial charge in [0.15, 0.2) is 11.3 Å². The van der Waals surface area contributed by atoms with Gasteiger partial charge in [0, 0.05) is 0 Å². The van der Waals surface area contributed by atoms with E-state index in [4.69, 9.17) is 4.74 Å². The van der Waals surface area contributed by atoms with E-state index in [9.17, 15) is 9.59 Å². The van der Waals surface area contributed by atoms with Crippen molar-refractivity contribution in [2.24, 2.45) is 0 Å². The maximum Gasteiger partial charge on any atom is 0.350 e. The van der Waals surface area contributed by atoms with Gasteiger partial charge in [-0.3, -0.25) is 4.79 Å². The maximum absolute atomic E-state index is 11.4. The number of ether oxygens (including phenoxy) is 1. The van der Waals surface area contributed by atoms with Crippen molar-refractivity contribution in [2.75, 3.05) is 0 Å². The molecule has 0 aliphatic carbocycles. The van der Waals surface area contributed by atoms with Crippen molar-refractivity contribution < 1.29 is 14.3 Å². The molecule has 76 valence electrons. The highest BCUT2D eigenvalue weighted by Crippen LogP contribution is 2.16. The number of nitrogens with zero attached hydrogens (tertiary/aromatic N) is 1. The fourth-order valence-electron chi connectivity index (χ4n) is 0.765. The smallest absolute Gasteiger partial charge is 0.350 e. The molecule has 1 aromatic rings. The normalized spacial score (nSPS) is 11.1. The average molecular weight is 213 g/mol. The van der Waals surface area contributed by atoms with Crippen molar-refractivity contribution in [3.8, 4) is 0 Å². The van der Waals surface area contributed by atoms with E-state index < -0.39 is 11.6 Å². The molecule has 0 saturated heterocycles. The van der Waals surface area contributed by atoms with Crippen LogP contribution in [-0.2, 0) is 4.74 Å². The second kappa shape index (κ2) is 3.88. The van der Waals surface area contributed by atoms with E-state index in [1.165, 1.54) is 6.20 Å². The Balaban J connectivity index is 2.75. The number of rotatable bonds is 2. The molecule has 1 heterocycles. The lowest BCUT2D eigenvalue weighted by atomic mass is 10.2. The molecule has 0 aliphatic rings. The second-order valence-electron chi connectivity index (χ2n) is 3.68. The minimum atomic E-state index is -0.525. The zero-order valence-electron chi connectivity index (χ0n) is 8.23. The van der Waals surface area contributed by atoms with Crippen LogP contribution in [0.25, 0.3) is 0 Å². The van der Waals surface area contributed by atoms with Crippen LogP contribution in [0.15, 0.2) is 6.20 Å². The molecule has 0 amide bonds. The molecule has 4 nitrogen and oxygen atoms in total. The van der Waals surface area contributed by atoms with Crippen LogP contribution in [-0.4, -0.2) is 22.8 Å². The first-order chi connectivity index (χ1) is 6.42. The molecule has 0 aromatic carbocycles. The van der Waals surface area contributed by atoms with Gasteiger partial charge in [0.2, 0.25) is 0 Å². The van der Waals surface area contributed by atoms with Crippen LogP contribution in [0.4, 0.5) is 0 Å². The van der Waals surface area contributed by atoms with Gasteiger partial charge in [-0.15, -0.1) is 11.3 Å². The van der Waals surface area contributed by atoms with E-state index >= 15 is 0 Å². The van der Waals surface area contributed by atoms with Crippen LogP contribution in [0.2, 0.25) is 0 Å². The van der Waals surface area contributed by atoms with E-state index in [1.54, 1.807) is 20.8 Å². The first kappa shape index (κ1) is 10.8. The van der Waals surface area contributed by atoms with Gasteiger partial charge in [-0.2, -0.15) is 0 Å². The van der Waals surface area contributed by atoms with Crippen LogP contribution in [0.5, 0.6) is 0 Å². The molecule has 14 heavy (non-hydrogen) atoms. The highest BCUT2D eigenvalue weighted by molar-refractivity contribution is 7.15. The fraction of sp³-hybridized carbons (Fsp3) is 0.444. The van der Waals surface area contributed by atoms with E-state index in [0.29, 0.717) is 11.2 Å². The minimum Gasteiger partial charge on any atom is -0.456 e. The summed E-state index contributed by atoms with van der Waals surface area (Å²) >= 11 is 1.03. The fourth-order valence-corrected chi connectivity index (χ4v) is 1.37. The van der Waals surface area contributed by atoms with Crippen molar-refractivity contribution in [3.63, 3.8) is 0 Å². The van der Waals surface area contributed by atoms with E-state index in [0.717, 1.165) is 11.3 Å². The summed E-state index contributed by atoms with van der Waals surface area (Å²) in [6.45, 7) is 5.35. The number of esters is 1. The van der Waals surface area contributed by atoms with Crippen LogP contribution in [0, 0.1) is 0 Å². The molecular formula is C9H11NO3S. The van der Waals surface area contributed by atoms with Gasteiger partial charge in [-0.25, -0.2) is 9.78 Å². The Kier molecular flexibility index (Phi) is 3.00. The van der Waals surface area contributed by atoms with Crippen molar-refractivity contribution in [1.29, 1.82) is 0 Å². The quantitative estimate of drug-likeness (QED) is 0.556. The largest absolute Gasteiger partial charge is 0.456 e. The SMILES string of the molecule is CC(C)(C)OC(=O)c1cnc(C=O)s1. The van der Waals surface area contributed by atoms with Gasteiger partial charge in [0.05, 0.1) is 6.20 Å². The maximum atomic E-state index is 11.4. The second-order valence-corrected chi connectivity index (χ2v) is 4.74. The average Bonchev–Trinajstić information content (AvgIpc) is 2.48. The lowest BCUT2D eigenvalue weighted by Gasteiger charge is -2.18. The summed E-state index contributed by atoms with van der Waals surface area (Å²) in [5.41, 5.74) is -0.525. The summed E-state index contributed by atoms with van der Waals surface area (Å²) in [4.78, 5) is 25.8. The van der Waals surface area contributed by atoms with E-state index in [2.05, 4.69) is 4.98 Å². The number of thiazole rings is 1. The first-order valence-corrected chi connectivity index (χ1v) is 4.88. The Bertz CT molecular complexity index is 351. The molecule has 0 N–H and O–H groups in total. The minimum absolute atomic E-state index is 0.283. The molecule has 0 unspecified atom stereocenters. The molecule has 1 rings (SSSR count). The third-order valence-electron chi connectivity index (χ3n) is 1.22. The van der Waals surface area contributed by atoms with E-state index in [1.807, 2.05) is 0 Å². The van der Waals surface area contributed by atoms with Crippen molar-refractivity contribution in [3.05, 3.63) is 16.1 Å². The molecule has 5 heteroatoms. The van der Waals surface area contributed by atoms with Gasteiger partial charge in [0.25, 0.3) is 0 Å². The summed E-state index contributed by atoms with van der Waals surface area (Å²) in [6.07, 6.45) is 1.96. The highest BCUT2D eigenvalue weighted by Gasteiger charge is 2.19. The standard InChI is InChI=1S/C9H11NO3S/c1-9(2,3)13-8(12)6-4-10-7(5-11)14-6/h4-5H,1-3H3. The number of aldehydes is 1. The van der Waals surface area contributed by atoms with Crippen LogP contribution < -0.4 is 0 Å². The summed E-state index contributed by atoms with van der Waals surface area (Å²) in [7, 11) is 0. The van der Waals surface area contributed by atoms with Gasteiger partial charge in [-0.05, 0) is 20.8 Å². The van der Waals surface area contributed by atoms with Crippen molar-refractivity contribution in [2.45, 2.75) is 26.4 Å². The molecule has 0 saturated carbocycles. The van der Waals surface area contributed by atoms with Crippen LogP contribution >= 0.6 is 11.3 Å². The molecule has 0 aliphatic heterocycles. The predicted octanol–water partition coefficient (Wildman–Crippen LogP) is 1.91. The Hall–Kier alpha value is -1.23. The molecule has 0 radical (unpaired) electrons. The van der Waals surface area contributed by atoms with Gasteiger partial charge in [-0.1, -0.05) is 0 Å². The third kappa shape index (κ3) is 2.92. The number of carbonyl (C=O) groups is 2. The summed E-state index contributed by atoms with van der Waals surface area (Å²) in [5, 5.41) is 0.283. The first-order valence-electron chi connectivity index (χ1n) is 4.07. The number of aromatic nitrogens is 1. The number of hydrogen-bond donors (Lipinski definition) is 0. The Labute approximate surface area is 85.9 Å². The van der Waals surface area contributed by atoms with Gasteiger partial charge < -0.3 is 4.74 Å². The molecule has 0 bridgehead atoms. The topological polar surface area (TPSA) is 56.3 Å². The van der Waals surface area contributed by atoms with Crippen LogP contribution in [0.1, 0.15) is 40.2 Å². The highest BCUT2D eigenvalue weighted by atomic mass is 32.1. The number of carbonyl (C=O) groups excluding carboxylic acids is 2. The Morgan fingerprint density at radius 1 is 1.57 bits per heavy atom.